The molecule has 0 saturated carbocycles. The molecule has 0 spiro atoms. The van der Waals surface area contributed by atoms with Crippen LogP contribution in [0, 0.1) is 6.92 Å². The zero-order valence-corrected chi connectivity index (χ0v) is 15.3. The van der Waals surface area contributed by atoms with E-state index in [1.807, 2.05) is 43.3 Å². The molecule has 2 aromatic carbocycles. The van der Waals surface area contributed by atoms with Gasteiger partial charge in [-0.15, -0.1) is 0 Å². The van der Waals surface area contributed by atoms with Crippen molar-refractivity contribution >= 4 is 22.5 Å². The van der Waals surface area contributed by atoms with Crippen molar-refractivity contribution in [1.29, 1.82) is 0 Å². The van der Waals surface area contributed by atoms with Gasteiger partial charge in [0.05, 0.1) is 0 Å². The summed E-state index contributed by atoms with van der Waals surface area (Å²) in [5, 5.41) is 4.31. The molecule has 0 saturated heterocycles. The van der Waals surface area contributed by atoms with Gasteiger partial charge in [-0.25, -0.2) is 0 Å². The summed E-state index contributed by atoms with van der Waals surface area (Å²) < 4.78 is 2.21. The third kappa shape index (κ3) is 3.38. The van der Waals surface area contributed by atoms with E-state index in [0.717, 1.165) is 12.1 Å². The number of nitrogens with one attached hydrogen (secondary N) is 1. The number of hydrogen-bond acceptors (Lipinski definition) is 2. The molecule has 3 aromatic rings. The predicted molar refractivity (Wildman–Crippen MR) is 104 cm³/mol. The minimum absolute atomic E-state index is 0.0248. The normalized spacial score (nSPS) is 10.9. The average Bonchev–Trinajstić information content (AvgIpc) is 2.87. The van der Waals surface area contributed by atoms with Gasteiger partial charge in [-0.3, -0.25) is 4.79 Å². The van der Waals surface area contributed by atoms with Gasteiger partial charge in [0.1, 0.15) is 0 Å². The molecule has 1 heterocycles. The highest BCUT2D eigenvalue weighted by molar-refractivity contribution is 5.94. The summed E-state index contributed by atoms with van der Waals surface area (Å²) in [6, 6.07) is 16.1. The molecule has 0 unspecified atom stereocenters. The first-order chi connectivity index (χ1) is 12.0. The minimum atomic E-state index is -0.0248. The Kier molecular flexibility index (Phi) is 4.79. The van der Waals surface area contributed by atoms with Gasteiger partial charge in [-0.2, -0.15) is 0 Å². The van der Waals surface area contributed by atoms with E-state index in [4.69, 9.17) is 0 Å². The highest BCUT2D eigenvalue weighted by Crippen LogP contribution is 2.24. The maximum Gasteiger partial charge on any atom is 0.251 e. The number of fused-ring (bicyclic) bond motifs is 1. The average molecular weight is 335 g/mol. The van der Waals surface area contributed by atoms with Gasteiger partial charge < -0.3 is 14.8 Å². The molecule has 0 aliphatic heterocycles. The monoisotopic (exact) mass is 335 g/mol. The molecule has 1 amide bonds. The summed E-state index contributed by atoms with van der Waals surface area (Å²) in [6.45, 7) is 2.76. The maximum absolute atomic E-state index is 12.3. The first kappa shape index (κ1) is 17.1. The van der Waals surface area contributed by atoms with Crippen LogP contribution < -0.4 is 10.2 Å². The highest BCUT2D eigenvalue weighted by Gasteiger charge is 2.12. The van der Waals surface area contributed by atoms with Crippen molar-refractivity contribution in [2.75, 3.05) is 25.5 Å². The van der Waals surface area contributed by atoms with Crippen molar-refractivity contribution in [2.45, 2.75) is 13.3 Å². The summed E-state index contributed by atoms with van der Waals surface area (Å²) in [6.07, 6.45) is 0.828. The molecular weight excluding hydrogens is 310 g/mol. The van der Waals surface area contributed by atoms with Crippen LogP contribution in [0.2, 0.25) is 0 Å². The Hall–Kier alpha value is -2.75. The zero-order chi connectivity index (χ0) is 18.0. The van der Waals surface area contributed by atoms with Crippen molar-refractivity contribution in [1.82, 2.24) is 9.88 Å². The van der Waals surface area contributed by atoms with Gasteiger partial charge in [0.15, 0.2) is 0 Å². The number of aryl methyl sites for hydroxylation is 1. The molecule has 130 valence electrons. The van der Waals surface area contributed by atoms with Gasteiger partial charge in [0.25, 0.3) is 5.91 Å². The lowest BCUT2D eigenvalue weighted by Crippen LogP contribution is -2.25. The molecule has 1 aromatic heterocycles. The standard InChI is InChI=1S/C21H25N3O/c1-15-18(19-7-5-6-8-20(19)24(15)4)13-14-22-21(25)16-9-11-17(12-10-16)23(2)3/h5-12H,13-14H2,1-4H3,(H,22,25). The lowest BCUT2D eigenvalue weighted by Gasteiger charge is -2.12. The second-order valence-corrected chi connectivity index (χ2v) is 6.59. The molecular formula is C21H25N3O. The molecule has 0 fully saturated rings. The fraction of sp³-hybridized carbons (Fsp3) is 0.286. The van der Waals surface area contributed by atoms with E-state index in [1.54, 1.807) is 0 Å². The number of anilines is 1. The fourth-order valence-corrected chi connectivity index (χ4v) is 3.23. The lowest BCUT2D eigenvalue weighted by atomic mass is 10.1. The van der Waals surface area contributed by atoms with Gasteiger partial charge in [0, 0.05) is 55.5 Å². The molecule has 4 nitrogen and oxygen atoms in total. The van der Waals surface area contributed by atoms with E-state index in [-0.39, 0.29) is 5.91 Å². The Balaban J connectivity index is 1.67. The topological polar surface area (TPSA) is 37.3 Å². The number of carbonyl (C=O) groups is 1. The van der Waals surface area contributed by atoms with Crippen molar-refractivity contribution in [3.8, 4) is 0 Å². The largest absolute Gasteiger partial charge is 0.378 e. The van der Waals surface area contributed by atoms with Gasteiger partial charge in [0.2, 0.25) is 0 Å². The number of benzene rings is 2. The van der Waals surface area contributed by atoms with E-state index < -0.39 is 0 Å². The van der Waals surface area contributed by atoms with E-state index in [1.165, 1.54) is 22.2 Å². The molecule has 3 rings (SSSR count). The van der Waals surface area contributed by atoms with Crippen molar-refractivity contribution in [3.05, 3.63) is 65.4 Å². The molecule has 0 aliphatic rings. The third-order valence-corrected chi connectivity index (χ3v) is 4.84. The number of rotatable bonds is 5. The second-order valence-electron chi connectivity index (χ2n) is 6.59. The van der Waals surface area contributed by atoms with Crippen LogP contribution in [-0.2, 0) is 13.5 Å². The van der Waals surface area contributed by atoms with Crippen molar-refractivity contribution in [2.24, 2.45) is 7.05 Å². The number of carbonyl (C=O) groups excluding carboxylic acids is 1. The van der Waals surface area contributed by atoms with Gasteiger partial charge in [-0.1, -0.05) is 18.2 Å². The summed E-state index contributed by atoms with van der Waals surface area (Å²) in [4.78, 5) is 14.4. The smallest absolute Gasteiger partial charge is 0.251 e. The number of hydrogen-bond donors (Lipinski definition) is 1. The van der Waals surface area contributed by atoms with Gasteiger partial charge in [-0.05, 0) is 49.2 Å². The van der Waals surface area contributed by atoms with Crippen molar-refractivity contribution in [3.63, 3.8) is 0 Å². The Morgan fingerprint density at radius 3 is 2.44 bits per heavy atom. The number of para-hydroxylation sites is 1. The van der Waals surface area contributed by atoms with Crippen LogP contribution in [0.4, 0.5) is 5.69 Å². The molecule has 0 atom stereocenters. The van der Waals surface area contributed by atoms with E-state index >= 15 is 0 Å². The van der Waals surface area contributed by atoms with Crippen molar-refractivity contribution < 1.29 is 4.79 Å². The van der Waals surface area contributed by atoms with Crippen LogP contribution in [0.3, 0.4) is 0 Å². The van der Waals surface area contributed by atoms with E-state index in [2.05, 4.69) is 48.1 Å². The first-order valence-corrected chi connectivity index (χ1v) is 8.57. The Morgan fingerprint density at radius 2 is 1.76 bits per heavy atom. The SMILES string of the molecule is Cc1c(CCNC(=O)c2ccc(N(C)C)cc2)c2ccccc2n1C. The summed E-state index contributed by atoms with van der Waals surface area (Å²) in [5.41, 5.74) is 5.58. The first-order valence-electron chi connectivity index (χ1n) is 8.57. The Labute approximate surface area is 149 Å². The Morgan fingerprint density at radius 1 is 1.08 bits per heavy atom. The van der Waals surface area contributed by atoms with Crippen LogP contribution >= 0.6 is 0 Å². The van der Waals surface area contributed by atoms with Crippen LogP contribution in [0.15, 0.2) is 48.5 Å². The Bertz CT molecular complexity index is 891. The number of nitrogens with zero attached hydrogens (tertiary/aromatic N) is 2. The van der Waals surface area contributed by atoms with E-state index in [0.29, 0.717) is 12.1 Å². The van der Waals surface area contributed by atoms with Gasteiger partial charge >= 0.3 is 0 Å². The van der Waals surface area contributed by atoms with Crippen LogP contribution in [0.5, 0.6) is 0 Å². The second kappa shape index (κ2) is 7.01. The molecule has 0 radical (unpaired) electrons. The zero-order valence-electron chi connectivity index (χ0n) is 15.3. The summed E-state index contributed by atoms with van der Waals surface area (Å²) >= 11 is 0. The highest BCUT2D eigenvalue weighted by atomic mass is 16.1. The molecule has 0 bridgehead atoms. The summed E-state index contributed by atoms with van der Waals surface area (Å²) in [5.74, 6) is -0.0248. The maximum atomic E-state index is 12.3. The molecule has 4 heteroatoms. The van der Waals surface area contributed by atoms with Crippen LogP contribution in [0.1, 0.15) is 21.6 Å². The molecule has 0 aliphatic carbocycles. The quantitative estimate of drug-likeness (QED) is 0.774. The number of aromatic nitrogens is 1. The third-order valence-electron chi connectivity index (χ3n) is 4.84. The van der Waals surface area contributed by atoms with E-state index in [9.17, 15) is 4.79 Å². The molecule has 1 N–H and O–H groups in total. The minimum Gasteiger partial charge on any atom is -0.378 e. The summed E-state index contributed by atoms with van der Waals surface area (Å²) in [7, 11) is 6.06. The van der Waals surface area contributed by atoms with Crippen LogP contribution in [-0.4, -0.2) is 31.1 Å². The predicted octanol–water partition coefficient (Wildman–Crippen LogP) is 3.53. The lowest BCUT2D eigenvalue weighted by molar-refractivity contribution is 0.0954. The number of amides is 1. The molecule has 25 heavy (non-hydrogen) atoms. The van der Waals surface area contributed by atoms with Crippen LogP contribution in [0.25, 0.3) is 10.9 Å². The fourth-order valence-electron chi connectivity index (χ4n) is 3.23.